The van der Waals surface area contributed by atoms with Crippen LogP contribution in [0.25, 0.3) is 0 Å². The minimum Gasteiger partial charge on any atom is -0.380 e. The Labute approximate surface area is 108 Å². The maximum atomic E-state index is 13.6. The van der Waals surface area contributed by atoms with Crippen molar-refractivity contribution in [3.63, 3.8) is 0 Å². The van der Waals surface area contributed by atoms with Crippen molar-refractivity contribution in [3.8, 4) is 0 Å². The summed E-state index contributed by atoms with van der Waals surface area (Å²) in [5.41, 5.74) is 0.413. The molecule has 0 aliphatic heterocycles. The minimum absolute atomic E-state index is 0.310. The first-order valence-corrected chi connectivity index (χ1v) is 6.84. The minimum atomic E-state index is -0.555. The van der Waals surface area contributed by atoms with Crippen LogP contribution in [-0.4, -0.2) is 6.04 Å². The fraction of sp³-hybridized carbons (Fsp3) is 0.538. The van der Waals surface area contributed by atoms with Gasteiger partial charge in [0.1, 0.15) is 11.6 Å². The van der Waals surface area contributed by atoms with E-state index in [9.17, 15) is 8.78 Å². The van der Waals surface area contributed by atoms with Crippen LogP contribution in [0.15, 0.2) is 16.6 Å². The number of benzene rings is 1. The Hall–Kier alpha value is -0.640. The first-order valence-electron chi connectivity index (χ1n) is 6.04. The van der Waals surface area contributed by atoms with Crippen molar-refractivity contribution in [2.24, 2.45) is 11.8 Å². The third-order valence-electron chi connectivity index (χ3n) is 4.09. The lowest BCUT2D eigenvalue weighted by Gasteiger charge is -2.24. The number of anilines is 1. The number of hydrogen-bond acceptors (Lipinski definition) is 1. The molecular formula is C13H14BrF2N. The number of rotatable bonds is 2. The lowest BCUT2D eigenvalue weighted by molar-refractivity contribution is 0.437. The average Bonchev–Trinajstić information content (AvgIpc) is 2.87. The summed E-state index contributed by atoms with van der Waals surface area (Å²) in [5, 5.41) is 3.24. The van der Waals surface area contributed by atoms with E-state index in [1.54, 1.807) is 0 Å². The molecule has 3 unspecified atom stereocenters. The Morgan fingerprint density at radius 1 is 1.12 bits per heavy atom. The van der Waals surface area contributed by atoms with Gasteiger partial charge < -0.3 is 5.32 Å². The lowest BCUT2D eigenvalue weighted by Crippen LogP contribution is -2.26. The van der Waals surface area contributed by atoms with Crippen LogP contribution in [0.5, 0.6) is 0 Å². The molecule has 2 bridgehead atoms. The van der Waals surface area contributed by atoms with Gasteiger partial charge in [-0.25, -0.2) is 8.78 Å². The van der Waals surface area contributed by atoms with Crippen LogP contribution in [-0.2, 0) is 0 Å². The molecule has 0 saturated heterocycles. The van der Waals surface area contributed by atoms with Gasteiger partial charge in [0, 0.05) is 12.1 Å². The van der Waals surface area contributed by atoms with Crippen LogP contribution < -0.4 is 5.32 Å². The van der Waals surface area contributed by atoms with Crippen LogP contribution in [0, 0.1) is 23.5 Å². The van der Waals surface area contributed by atoms with E-state index in [-0.39, 0.29) is 0 Å². The Kier molecular flexibility index (Phi) is 2.85. The van der Waals surface area contributed by atoms with Gasteiger partial charge in [0.05, 0.1) is 10.2 Å². The molecule has 3 atom stereocenters. The molecule has 2 aliphatic rings. The predicted molar refractivity (Wildman–Crippen MR) is 66.9 cm³/mol. The second-order valence-electron chi connectivity index (χ2n) is 5.17. The molecule has 1 aromatic carbocycles. The smallest absolute Gasteiger partial charge is 0.149 e. The molecule has 2 fully saturated rings. The van der Waals surface area contributed by atoms with E-state index in [4.69, 9.17) is 0 Å². The van der Waals surface area contributed by atoms with Gasteiger partial charge in [0.25, 0.3) is 0 Å². The second kappa shape index (κ2) is 4.23. The van der Waals surface area contributed by atoms with Crippen LogP contribution in [0.3, 0.4) is 0 Å². The lowest BCUT2D eigenvalue weighted by atomic mass is 9.95. The number of halogens is 3. The van der Waals surface area contributed by atoms with Gasteiger partial charge in [-0.15, -0.1) is 0 Å². The van der Waals surface area contributed by atoms with E-state index in [1.807, 2.05) is 0 Å². The Bertz CT molecular complexity index is 449. The van der Waals surface area contributed by atoms with Crippen molar-refractivity contribution in [3.05, 3.63) is 28.2 Å². The monoisotopic (exact) mass is 301 g/mol. The van der Waals surface area contributed by atoms with Crippen molar-refractivity contribution in [1.82, 2.24) is 0 Å². The first kappa shape index (κ1) is 11.5. The molecule has 1 N–H and O–H groups in total. The van der Waals surface area contributed by atoms with E-state index in [0.717, 1.165) is 18.4 Å². The fourth-order valence-corrected chi connectivity index (χ4v) is 3.60. The predicted octanol–water partition coefficient (Wildman–Crippen LogP) is 4.33. The number of hydrogen-bond donors (Lipinski definition) is 1. The van der Waals surface area contributed by atoms with Gasteiger partial charge >= 0.3 is 0 Å². The van der Waals surface area contributed by atoms with Gasteiger partial charge in [0.2, 0.25) is 0 Å². The standard InChI is InChI=1S/C13H14BrF2N/c14-9-5-13(11(16)6-10(9)15)17-12-4-7-1-2-8(12)3-7/h5-8,12,17H,1-4H2. The average molecular weight is 302 g/mol. The van der Waals surface area contributed by atoms with Crippen molar-refractivity contribution in [1.29, 1.82) is 0 Å². The molecule has 3 rings (SSSR count). The summed E-state index contributed by atoms with van der Waals surface area (Å²) in [6, 6.07) is 2.79. The van der Waals surface area contributed by atoms with E-state index in [2.05, 4.69) is 21.2 Å². The summed E-state index contributed by atoms with van der Waals surface area (Å²) < 4.78 is 27.0. The fourth-order valence-electron chi connectivity index (χ4n) is 3.25. The highest BCUT2D eigenvalue weighted by Crippen LogP contribution is 2.45. The van der Waals surface area contributed by atoms with E-state index < -0.39 is 11.6 Å². The third-order valence-corrected chi connectivity index (χ3v) is 4.70. The molecule has 2 aliphatic carbocycles. The van der Waals surface area contributed by atoms with Gasteiger partial charge in [-0.05, 0) is 53.1 Å². The molecular weight excluding hydrogens is 288 g/mol. The highest BCUT2D eigenvalue weighted by molar-refractivity contribution is 9.10. The zero-order chi connectivity index (χ0) is 12.0. The summed E-state index contributed by atoms with van der Waals surface area (Å²) in [7, 11) is 0. The summed E-state index contributed by atoms with van der Waals surface area (Å²) >= 11 is 3.09. The second-order valence-corrected chi connectivity index (χ2v) is 6.03. The normalized spacial score (nSPS) is 30.9. The van der Waals surface area contributed by atoms with Crippen molar-refractivity contribution in [2.45, 2.75) is 31.7 Å². The van der Waals surface area contributed by atoms with Crippen molar-refractivity contribution in [2.75, 3.05) is 5.32 Å². The van der Waals surface area contributed by atoms with Crippen LogP contribution in [0.1, 0.15) is 25.7 Å². The molecule has 0 heterocycles. The summed E-state index contributed by atoms with van der Waals surface area (Å²) in [5.74, 6) is 0.419. The molecule has 4 heteroatoms. The summed E-state index contributed by atoms with van der Waals surface area (Å²) in [6.07, 6.45) is 4.95. The van der Waals surface area contributed by atoms with Crippen LogP contribution >= 0.6 is 15.9 Å². The maximum absolute atomic E-state index is 13.6. The topological polar surface area (TPSA) is 12.0 Å². The van der Waals surface area contributed by atoms with Gasteiger partial charge in [-0.1, -0.05) is 6.42 Å². The molecule has 0 aromatic heterocycles. The first-order chi connectivity index (χ1) is 8.13. The number of fused-ring (bicyclic) bond motifs is 2. The molecule has 17 heavy (non-hydrogen) atoms. The highest BCUT2D eigenvalue weighted by Gasteiger charge is 2.39. The van der Waals surface area contributed by atoms with E-state index >= 15 is 0 Å². The Balaban J connectivity index is 1.79. The third kappa shape index (κ3) is 2.07. The van der Waals surface area contributed by atoms with E-state index in [0.29, 0.717) is 22.1 Å². The van der Waals surface area contributed by atoms with Crippen molar-refractivity contribution >= 4 is 21.6 Å². The molecule has 0 radical (unpaired) electrons. The molecule has 92 valence electrons. The SMILES string of the molecule is Fc1cc(F)c(NC2CC3CCC2C3)cc1Br. The summed E-state index contributed by atoms with van der Waals surface area (Å²) in [4.78, 5) is 0. The largest absolute Gasteiger partial charge is 0.380 e. The summed E-state index contributed by atoms with van der Waals surface area (Å²) in [6.45, 7) is 0. The molecule has 0 amide bonds. The van der Waals surface area contributed by atoms with Crippen molar-refractivity contribution < 1.29 is 8.78 Å². The quantitative estimate of drug-likeness (QED) is 0.802. The van der Waals surface area contributed by atoms with E-state index in [1.165, 1.54) is 25.3 Å². The van der Waals surface area contributed by atoms with Crippen LogP contribution in [0.4, 0.5) is 14.5 Å². The molecule has 2 saturated carbocycles. The maximum Gasteiger partial charge on any atom is 0.149 e. The molecule has 1 aromatic rings. The highest BCUT2D eigenvalue weighted by atomic mass is 79.9. The molecule has 0 spiro atoms. The Morgan fingerprint density at radius 2 is 1.94 bits per heavy atom. The van der Waals surface area contributed by atoms with Gasteiger partial charge in [-0.2, -0.15) is 0 Å². The zero-order valence-corrected chi connectivity index (χ0v) is 10.9. The zero-order valence-electron chi connectivity index (χ0n) is 9.35. The van der Waals surface area contributed by atoms with Gasteiger partial charge in [-0.3, -0.25) is 0 Å². The number of nitrogens with one attached hydrogen (secondary N) is 1. The molecule has 1 nitrogen and oxygen atoms in total. The Morgan fingerprint density at radius 3 is 2.59 bits per heavy atom. The van der Waals surface area contributed by atoms with Gasteiger partial charge in [0.15, 0.2) is 0 Å². The van der Waals surface area contributed by atoms with Crippen LogP contribution in [0.2, 0.25) is 0 Å².